The van der Waals surface area contributed by atoms with Gasteiger partial charge in [-0.25, -0.2) is 4.79 Å². The zero-order valence-electron chi connectivity index (χ0n) is 11.6. The second-order valence-electron chi connectivity index (χ2n) is 5.81. The molecule has 0 aromatic carbocycles. The van der Waals surface area contributed by atoms with E-state index in [1.165, 1.54) is 12.8 Å². The Hall–Kier alpha value is -0.810. The lowest BCUT2D eigenvalue weighted by Gasteiger charge is -2.28. The van der Waals surface area contributed by atoms with Gasteiger partial charge in [-0.05, 0) is 63.5 Å². The van der Waals surface area contributed by atoms with E-state index < -0.39 is 6.09 Å². The van der Waals surface area contributed by atoms with Gasteiger partial charge in [0.05, 0.1) is 0 Å². The first-order chi connectivity index (χ1) is 9.24. The normalized spacial score (nSPS) is 29.1. The number of nitrogens with one attached hydrogen (secondary N) is 1. The Labute approximate surface area is 115 Å². The fraction of sp³-hybridized carbons (Fsp3) is 0.929. The van der Waals surface area contributed by atoms with Crippen molar-refractivity contribution in [2.45, 2.75) is 44.6 Å². The average molecular weight is 270 g/mol. The summed E-state index contributed by atoms with van der Waals surface area (Å²) in [5.74, 6) is 1.35. The largest absolute Gasteiger partial charge is 0.446 e. The van der Waals surface area contributed by atoms with Crippen LogP contribution in [0.15, 0.2) is 0 Å². The maximum Gasteiger partial charge on any atom is 0.404 e. The Bertz CT molecular complexity index is 272. The van der Waals surface area contributed by atoms with E-state index >= 15 is 0 Å². The molecule has 110 valence electrons. The molecule has 0 aromatic rings. The first kappa shape index (κ1) is 14.6. The van der Waals surface area contributed by atoms with Gasteiger partial charge in [-0.3, -0.25) is 0 Å². The van der Waals surface area contributed by atoms with Crippen molar-refractivity contribution >= 4 is 6.09 Å². The van der Waals surface area contributed by atoms with Gasteiger partial charge in [0.2, 0.25) is 0 Å². The van der Waals surface area contributed by atoms with Crippen LogP contribution in [0.3, 0.4) is 0 Å². The molecule has 1 saturated carbocycles. The molecule has 2 rings (SSSR count). The number of nitrogens with two attached hydrogens (primary N) is 1. The minimum absolute atomic E-state index is 0.0261. The van der Waals surface area contributed by atoms with E-state index in [2.05, 4.69) is 5.32 Å². The number of piperidine rings is 1. The summed E-state index contributed by atoms with van der Waals surface area (Å²) in [5, 5.41) is 3.37. The highest BCUT2D eigenvalue weighted by Gasteiger charge is 2.23. The van der Waals surface area contributed by atoms with Crippen LogP contribution >= 0.6 is 0 Å². The molecule has 1 saturated heterocycles. The molecular weight excluding hydrogens is 244 g/mol. The van der Waals surface area contributed by atoms with Crippen LogP contribution in [0.25, 0.3) is 0 Å². The predicted molar refractivity (Wildman–Crippen MR) is 72.8 cm³/mol. The molecule has 0 bridgehead atoms. The van der Waals surface area contributed by atoms with Crippen molar-refractivity contribution in [2.75, 3.05) is 26.3 Å². The Morgan fingerprint density at radius 2 is 1.58 bits per heavy atom. The third kappa shape index (κ3) is 5.37. The summed E-state index contributed by atoms with van der Waals surface area (Å²) >= 11 is 0. The minimum atomic E-state index is -0.648. The van der Waals surface area contributed by atoms with Gasteiger partial charge in [-0.1, -0.05) is 0 Å². The van der Waals surface area contributed by atoms with Crippen molar-refractivity contribution in [3.8, 4) is 0 Å². The average Bonchev–Trinajstić information content (AvgIpc) is 2.41. The summed E-state index contributed by atoms with van der Waals surface area (Å²) in [6.07, 6.45) is 5.84. The number of amides is 1. The fourth-order valence-electron chi connectivity index (χ4n) is 3.03. The van der Waals surface area contributed by atoms with Crippen molar-refractivity contribution in [3.05, 3.63) is 0 Å². The number of hydrogen-bond donors (Lipinski definition) is 2. The zero-order valence-corrected chi connectivity index (χ0v) is 11.6. The molecule has 0 atom stereocenters. The van der Waals surface area contributed by atoms with E-state index in [4.69, 9.17) is 15.2 Å². The maximum absolute atomic E-state index is 10.7. The van der Waals surface area contributed by atoms with Gasteiger partial charge < -0.3 is 20.5 Å². The van der Waals surface area contributed by atoms with Crippen molar-refractivity contribution in [2.24, 2.45) is 17.6 Å². The fourth-order valence-corrected chi connectivity index (χ4v) is 3.03. The molecule has 0 radical (unpaired) electrons. The minimum Gasteiger partial charge on any atom is -0.446 e. The van der Waals surface area contributed by atoms with Gasteiger partial charge in [-0.15, -0.1) is 0 Å². The molecule has 0 aromatic heterocycles. The van der Waals surface area contributed by atoms with Gasteiger partial charge >= 0.3 is 6.09 Å². The van der Waals surface area contributed by atoms with Crippen molar-refractivity contribution in [1.82, 2.24) is 5.32 Å². The van der Waals surface area contributed by atoms with E-state index in [1.54, 1.807) is 0 Å². The SMILES string of the molecule is NC(=O)O[C@H]1CC[C@H](COCC2CCNCC2)CC1. The summed E-state index contributed by atoms with van der Waals surface area (Å²) in [7, 11) is 0. The molecule has 1 heterocycles. The maximum atomic E-state index is 10.7. The van der Waals surface area contributed by atoms with Gasteiger partial charge in [0.1, 0.15) is 6.10 Å². The van der Waals surface area contributed by atoms with Crippen molar-refractivity contribution < 1.29 is 14.3 Å². The van der Waals surface area contributed by atoms with Gasteiger partial charge in [0, 0.05) is 13.2 Å². The van der Waals surface area contributed by atoms with Gasteiger partial charge in [-0.2, -0.15) is 0 Å². The van der Waals surface area contributed by atoms with Crippen LogP contribution in [0.1, 0.15) is 38.5 Å². The van der Waals surface area contributed by atoms with Crippen LogP contribution in [0, 0.1) is 11.8 Å². The van der Waals surface area contributed by atoms with Crippen molar-refractivity contribution in [3.63, 3.8) is 0 Å². The third-order valence-electron chi connectivity index (χ3n) is 4.24. The van der Waals surface area contributed by atoms with Crippen LogP contribution in [0.5, 0.6) is 0 Å². The highest BCUT2D eigenvalue weighted by molar-refractivity contribution is 5.64. The summed E-state index contributed by atoms with van der Waals surface area (Å²) in [5.41, 5.74) is 5.03. The van der Waals surface area contributed by atoms with Gasteiger partial charge in [0.25, 0.3) is 0 Å². The molecule has 5 heteroatoms. The Morgan fingerprint density at radius 1 is 1.00 bits per heavy atom. The standard InChI is InChI=1S/C14H26N2O3/c15-14(17)19-13-3-1-11(2-4-13)9-18-10-12-5-7-16-8-6-12/h11-13,16H,1-10H2,(H2,15,17)/t11-,13-. The lowest BCUT2D eigenvalue weighted by Crippen LogP contribution is -2.31. The highest BCUT2D eigenvalue weighted by atomic mass is 16.6. The Kier molecular flexibility index (Phi) is 5.92. The van der Waals surface area contributed by atoms with Crippen LogP contribution in [0.2, 0.25) is 0 Å². The van der Waals surface area contributed by atoms with Crippen LogP contribution < -0.4 is 11.1 Å². The number of primary amides is 1. The van der Waals surface area contributed by atoms with E-state index in [0.717, 1.165) is 57.9 Å². The second kappa shape index (κ2) is 7.70. The van der Waals surface area contributed by atoms with Gasteiger partial charge in [0.15, 0.2) is 0 Å². The number of rotatable bonds is 5. The summed E-state index contributed by atoms with van der Waals surface area (Å²) in [6.45, 7) is 4.01. The molecule has 1 aliphatic heterocycles. The first-order valence-electron chi connectivity index (χ1n) is 7.48. The zero-order chi connectivity index (χ0) is 13.5. The van der Waals surface area contributed by atoms with E-state index in [-0.39, 0.29) is 6.10 Å². The first-order valence-corrected chi connectivity index (χ1v) is 7.48. The summed E-state index contributed by atoms with van der Waals surface area (Å²) in [6, 6.07) is 0. The molecule has 0 spiro atoms. The number of carbonyl (C=O) groups excluding carboxylic acids is 1. The summed E-state index contributed by atoms with van der Waals surface area (Å²) < 4.78 is 10.9. The highest BCUT2D eigenvalue weighted by Crippen LogP contribution is 2.26. The van der Waals surface area contributed by atoms with Crippen molar-refractivity contribution in [1.29, 1.82) is 0 Å². The van der Waals surface area contributed by atoms with E-state index in [0.29, 0.717) is 5.92 Å². The molecule has 2 aliphatic rings. The lowest BCUT2D eigenvalue weighted by atomic mass is 9.88. The number of carbonyl (C=O) groups is 1. The molecule has 1 amide bonds. The van der Waals surface area contributed by atoms with Crippen LogP contribution in [-0.4, -0.2) is 38.5 Å². The lowest BCUT2D eigenvalue weighted by molar-refractivity contribution is 0.0261. The molecule has 2 fully saturated rings. The molecule has 1 aliphatic carbocycles. The quantitative estimate of drug-likeness (QED) is 0.797. The van der Waals surface area contributed by atoms with Crippen LogP contribution in [-0.2, 0) is 9.47 Å². The Morgan fingerprint density at radius 3 is 2.16 bits per heavy atom. The van der Waals surface area contributed by atoms with E-state index in [1.807, 2.05) is 0 Å². The third-order valence-corrected chi connectivity index (χ3v) is 4.24. The topological polar surface area (TPSA) is 73.6 Å². The molecular formula is C14H26N2O3. The molecule has 5 nitrogen and oxygen atoms in total. The van der Waals surface area contributed by atoms with Crippen LogP contribution in [0.4, 0.5) is 4.79 Å². The summed E-state index contributed by atoms with van der Waals surface area (Å²) in [4.78, 5) is 10.7. The molecule has 3 N–H and O–H groups in total. The Balaban J connectivity index is 1.54. The monoisotopic (exact) mass is 270 g/mol. The second-order valence-corrected chi connectivity index (χ2v) is 5.81. The molecule has 19 heavy (non-hydrogen) atoms. The smallest absolute Gasteiger partial charge is 0.404 e. The number of hydrogen-bond acceptors (Lipinski definition) is 4. The number of ether oxygens (including phenoxy) is 2. The van der Waals surface area contributed by atoms with E-state index in [9.17, 15) is 4.79 Å². The molecule has 0 unspecified atom stereocenters. The predicted octanol–water partition coefficient (Wildman–Crippen LogP) is 1.66.